The molecule has 3 aromatic rings. The Hall–Kier alpha value is -4.12. The molecule has 1 aromatic heterocycles. The molecule has 2 aromatic carbocycles. The number of ether oxygens (including phenoxy) is 2. The van der Waals surface area contributed by atoms with Crippen molar-refractivity contribution in [3.63, 3.8) is 0 Å². The lowest BCUT2D eigenvalue weighted by Crippen LogP contribution is -2.43. The average Bonchev–Trinajstić information content (AvgIpc) is 3.30. The van der Waals surface area contributed by atoms with Crippen LogP contribution in [0.15, 0.2) is 48.5 Å². The molecule has 0 spiro atoms. The van der Waals surface area contributed by atoms with Crippen LogP contribution in [-0.2, 0) is 11.3 Å². The van der Waals surface area contributed by atoms with Gasteiger partial charge in [-0.15, -0.1) is 0 Å². The van der Waals surface area contributed by atoms with Gasteiger partial charge in [0.2, 0.25) is 5.91 Å². The van der Waals surface area contributed by atoms with Gasteiger partial charge in [0.1, 0.15) is 22.4 Å². The smallest absolute Gasteiger partial charge is 0.270 e. The number of carbonyl (C=O) groups excluding carboxylic acids is 3. The molecule has 0 saturated heterocycles. The maximum atomic E-state index is 14.0. The third-order valence-electron chi connectivity index (χ3n) is 5.94. The highest BCUT2D eigenvalue weighted by molar-refractivity contribution is 7.09. The van der Waals surface area contributed by atoms with Crippen LogP contribution in [0, 0.1) is 5.92 Å². The van der Waals surface area contributed by atoms with Gasteiger partial charge in [-0.25, -0.2) is 0 Å². The number of nitrogens with two attached hydrogens (primary N) is 2. The first-order valence-corrected chi connectivity index (χ1v) is 12.8. The van der Waals surface area contributed by atoms with Crippen molar-refractivity contribution in [3.05, 3.63) is 70.2 Å². The molecule has 0 bridgehead atoms. The highest BCUT2D eigenvalue weighted by Gasteiger charge is 2.35. The van der Waals surface area contributed by atoms with Crippen molar-refractivity contribution in [2.45, 2.75) is 32.9 Å². The number of carbonyl (C=O) groups is 3. The van der Waals surface area contributed by atoms with Crippen LogP contribution in [0.25, 0.3) is 0 Å². The number of nitrogens with one attached hydrogen (secondary N) is 1. The fourth-order valence-corrected chi connectivity index (χ4v) is 4.57. The van der Waals surface area contributed by atoms with Gasteiger partial charge in [0, 0.05) is 13.1 Å². The van der Waals surface area contributed by atoms with E-state index in [0.717, 1.165) is 23.5 Å². The van der Waals surface area contributed by atoms with Gasteiger partial charge in [-0.1, -0.05) is 38.1 Å². The summed E-state index contributed by atoms with van der Waals surface area (Å²) in [4.78, 5) is 40.9. The van der Waals surface area contributed by atoms with Crippen LogP contribution in [0.4, 0.5) is 5.69 Å². The van der Waals surface area contributed by atoms with Crippen LogP contribution in [0.5, 0.6) is 11.5 Å². The molecule has 3 rings (SSSR count). The summed E-state index contributed by atoms with van der Waals surface area (Å²) in [5.74, 6) is -0.0891. The third-order valence-corrected chi connectivity index (χ3v) is 6.79. The Morgan fingerprint density at radius 1 is 1.00 bits per heavy atom. The number of aromatic nitrogens is 1. The van der Waals surface area contributed by atoms with Crippen molar-refractivity contribution in [3.8, 4) is 11.5 Å². The molecule has 1 atom stereocenters. The Kier molecular flexibility index (Phi) is 9.66. The number of hydrogen-bond donors (Lipinski definition) is 3. The number of nitrogens with zero attached hydrogens (tertiary/aromatic N) is 2. The minimum Gasteiger partial charge on any atom is -0.497 e. The predicted molar refractivity (Wildman–Crippen MR) is 146 cm³/mol. The second-order valence-corrected chi connectivity index (χ2v) is 9.84. The lowest BCUT2D eigenvalue weighted by molar-refractivity contribution is -0.126. The molecule has 1 heterocycles. The maximum absolute atomic E-state index is 14.0. The number of primary amides is 1. The molecule has 5 N–H and O–H groups in total. The first-order valence-electron chi connectivity index (χ1n) is 12.1. The number of rotatable bonds is 12. The molecule has 202 valence electrons. The van der Waals surface area contributed by atoms with E-state index in [0.29, 0.717) is 29.5 Å². The lowest BCUT2D eigenvalue weighted by Gasteiger charge is -2.31. The van der Waals surface area contributed by atoms with Crippen LogP contribution in [0.3, 0.4) is 0 Å². The van der Waals surface area contributed by atoms with Gasteiger partial charge in [-0.05, 0) is 59.3 Å². The van der Waals surface area contributed by atoms with E-state index in [4.69, 9.17) is 20.9 Å². The van der Waals surface area contributed by atoms with E-state index in [1.807, 2.05) is 12.1 Å². The molecule has 0 unspecified atom stereocenters. The van der Waals surface area contributed by atoms with E-state index in [1.54, 1.807) is 50.6 Å². The number of amides is 3. The molecule has 0 radical (unpaired) electrons. The molecule has 0 aliphatic carbocycles. The van der Waals surface area contributed by atoms with E-state index in [9.17, 15) is 14.4 Å². The first-order chi connectivity index (χ1) is 18.2. The summed E-state index contributed by atoms with van der Waals surface area (Å²) in [6, 6.07) is 13.1. The molecular formula is C27H33N5O5S. The molecule has 0 aliphatic rings. The summed E-state index contributed by atoms with van der Waals surface area (Å²) >= 11 is 0.771. The zero-order valence-corrected chi connectivity index (χ0v) is 22.7. The van der Waals surface area contributed by atoms with E-state index >= 15 is 0 Å². The van der Waals surface area contributed by atoms with Crippen molar-refractivity contribution >= 4 is 34.9 Å². The second kappa shape index (κ2) is 12.9. The number of nitrogen functional groups attached to an aromatic ring is 1. The van der Waals surface area contributed by atoms with Gasteiger partial charge in [0.25, 0.3) is 11.8 Å². The third kappa shape index (κ3) is 6.80. The molecular weight excluding hydrogens is 506 g/mol. The lowest BCUT2D eigenvalue weighted by atomic mass is 10.0. The monoisotopic (exact) mass is 539 g/mol. The molecule has 11 heteroatoms. The van der Waals surface area contributed by atoms with E-state index in [-0.39, 0.29) is 28.7 Å². The Bertz CT molecular complexity index is 1260. The van der Waals surface area contributed by atoms with Crippen LogP contribution in [0.1, 0.15) is 57.6 Å². The summed E-state index contributed by atoms with van der Waals surface area (Å²) in [6.07, 6.45) is 0.775. The predicted octanol–water partition coefficient (Wildman–Crippen LogP) is 3.39. The summed E-state index contributed by atoms with van der Waals surface area (Å²) in [6.45, 7) is 4.65. The number of methoxy groups -OCH3 is 2. The topological polar surface area (TPSA) is 150 Å². The van der Waals surface area contributed by atoms with Gasteiger partial charge in [0.05, 0.1) is 19.9 Å². The standard InChI is InChI=1S/C27H33N5O5S/c1-16(2)13-14-30-26(34)23(18-7-11-20(37-4)12-8-18)32(15-17-5-9-19(36-3)10-6-17)27(35)24-21(28)22(25(29)33)31-38-24/h5-12,16,23H,13-15,28H2,1-4H3,(H2,29,33)(H,30,34)/t23-/m0/s1. The molecule has 0 saturated carbocycles. The Balaban J connectivity index is 2.09. The van der Waals surface area contributed by atoms with Gasteiger partial charge >= 0.3 is 0 Å². The highest BCUT2D eigenvalue weighted by Crippen LogP contribution is 2.31. The summed E-state index contributed by atoms with van der Waals surface area (Å²) in [5, 5.41) is 2.97. The largest absolute Gasteiger partial charge is 0.497 e. The zero-order chi connectivity index (χ0) is 27.8. The van der Waals surface area contributed by atoms with Crippen LogP contribution >= 0.6 is 11.5 Å². The van der Waals surface area contributed by atoms with Crippen molar-refractivity contribution in [1.29, 1.82) is 0 Å². The minimum absolute atomic E-state index is 0.0285. The number of benzene rings is 2. The number of hydrogen-bond acceptors (Lipinski definition) is 8. The summed E-state index contributed by atoms with van der Waals surface area (Å²) < 4.78 is 14.5. The van der Waals surface area contributed by atoms with Gasteiger partial charge in [0.15, 0.2) is 5.69 Å². The molecule has 10 nitrogen and oxygen atoms in total. The average molecular weight is 540 g/mol. The van der Waals surface area contributed by atoms with E-state index < -0.39 is 17.9 Å². The fourth-order valence-electron chi connectivity index (χ4n) is 3.81. The van der Waals surface area contributed by atoms with Crippen molar-refractivity contribution in [1.82, 2.24) is 14.6 Å². The van der Waals surface area contributed by atoms with Crippen LogP contribution < -0.4 is 26.3 Å². The minimum atomic E-state index is -1.01. The SMILES string of the molecule is COc1ccc(CN(C(=O)c2snc(C(N)=O)c2N)[C@H](C(=O)NCCC(C)C)c2ccc(OC)cc2)cc1. The van der Waals surface area contributed by atoms with Crippen LogP contribution in [-0.4, -0.2) is 47.8 Å². The first kappa shape index (κ1) is 28.5. The Labute approximate surface area is 226 Å². The fraction of sp³-hybridized carbons (Fsp3) is 0.333. The Morgan fingerprint density at radius 2 is 1.58 bits per heavy atom. The second-order valence-electron chi connectivity index (χ2n) is 9.07. The summed E-state index contributed by atoms with van der Waals surface area (Å²) in [7, 11) is 3.11. The van der Waals surface area contributed by atoms with Gasteiger partial charge < -0.3 is 31.2 Å². The van der Waals surface area contributed by atoms with Gasteiger partial charge in [-0.3, -0.25) is 14.4 Å². The van der Waals surface area contributed by atoms with Crippen molar-refractivity contribution in [2.24, 2.45) is 11.7 Å². The zero-order valence-electron chi connectivity index (χ0n) is 21.9. The molecule has 3 amide bonds. The Morgan fingerprint density at radius 3 is 2.08 bits per heavy atom. The van der Waals surface area contributed by atoms with Crippen molar-refractivity contribution < 1.29 is 23.9 Å². The normalized spacial score (nSPS) is 11.6. The van der Waals surface area contributed by atoms with Gasteiger partial charge in [-0.2, -0.15) is 4.37 Å². The van der Waals surface area contributed by atoms with Crippen molar-refractivity contribution in [2.75, 3.05) is 26.5 Å². The van der Waals surface area contributed by atoms with E-state index in [2.05, 4.69) is 23.5 Å². The quantitative estimate of drug-likeness (QED) is 0.319. The van der Waals surface area contributed by atoms with Crippen LogP contribution in [0.2, 0.25) is 0 Å². The molecule has 0 fully saturated rings. The number of anilines is 1. The molecule has 38 heavy (non-hydrogen) atoms. The molecule has 0 aliphatic heterocycles. The van der Waals surface area contributed by atoms with E-state index in [1.165, 1.54) is 4.90 Å². The maximum Gasteiger partial charge on any atom is 0.270 e. The summed E-state index contributed by atoms with van der Waals surface area (Å²) in [5.41, 5.74) is 12.5. The highest BCUT2D eigenvalue weighted by atomic mass is 32.1.